The zero-order valence-corrected chi connectivity index (χ0v) is 21.4. The molecule has 37 heavy (non-hydrogen) atoms. The van der Waals surface area contributed by atoms with E-state index in [-0.39, 0.29) is 12.3 Å². The molecule has 1 aliphatic heterocycles. The average molecular weight is 501 g/mol. The topological polar surface area (TPSA) is 119 Å². The van der Waals surface area contributed by atoms with Crippen LogP contribution in [0.25, 0.3) is 0 Å². The zero-order valence-electron chi connectivity index (χ0n) is 21.4. The first-order valence-corrected chi connectivity index (χ1v) is 12.1. The van der Waals surface area contributed by atoms with Crippen LogP contribution in [0.5, 0.6) is 0 Å². The summed E-state index contributed by atoms with van der Waals surface area (Å²) in [5, 5.41) is 19.2. The van der Waals surface area contributed by atoms with Crippen LogP contribution in [0.1, 0.15) is 32.0 Å². The molecule has 0 fully saturated rings. The molecule has 2 amide bonds. The largest absolute Gasteiger partial charge is 0.388 e. The number of hydrogen-bond acceptors (Lipinski definition) is 7. The lowest BCUT2D eigenvalue weighted by molar-refractivity contribution is -0.132. The Balaban J connectivity index is 1.73. The fourth-order valence-corrected chi connectivity index (χ4v) is 4.12. The monoisotopic (exact) mass is 500 g/mol. The fraction of sp³-hybridized carbons (Fsp3) is 0.286. The van der Waals surface area contributed by atoms with Crippen LogP contribution in [0.15, 0.2) is 77.9 Å². The van der Waals surface area contributed by atoms with Gasteiger partial charge in [-0.15, -0.1) is 0 Å². The van der Waals surface area contributed by atoms with Gasteiger partial charge in [0.05, 0.1) is 24.0 Å². The molecule has 1 aliphatic rings. The molecular formula is C28H32N6O3. The van der Waals surface area contributed by atoms with Gasteiger partial charge in [-0.05, 0) is 57.2 Å². The van der Waals surface area contributed by atoms with Crippen LogP contribution in [-0.2, 0) is 4.79 Å². The Morgan fingerprint density at radius 2 is 1.76 bits per heavy atom. The molecule has 0 spiro atoms. The zero-order chi connectivity index (χ0) is 26.6. The Kier molecular flexibility index (Phi) is 7.54. The standard InChI is InChI=1S/C28H32N6O3/c1-18-26(33-27(36)31-20-11-9-10-19(16-20)29-4)32-25(22-13-7-8-15-30-22)21-12-5-6-14-23(21)34(18)17-24(35)28(2,3)37/h5-16,18,26,29,37H,17H2,1-4H3,(H2,31,33,36)/t18?,26-/m0/s1. The van der Waals surface area contributed by atoms with Gasteiger partial charge in [0.25, 0.3) is 0 Å². The van der Waals surface area contributed by atoms with Crippen LogP contribution >= 0.6 is 0 Å². The van der Waals surface area contributed by atoms with Crippen molar-refractivity contribution in [3.05, 3.63) is 84.2 Å². The minimum atomic E-state index is -1.51. The van der Waals surface area contributed by atoms with E-state index in [2.05, 4.69) is 20.9 Å². The molecule has 0 aliphatic carbocycles. The molecule has 0 bridgehead atoms. The number of benzene rings is 2. The van der Waals surface area contributed by atoms with Crippen molar-refractivity contribution in [3.8, 4) is 0 Å². The number of nitrogens with zero attached hydrogens (tertiary/aromatic N) is 3. The number of anilines is 3. The number of pyridine rings is 1. The summed E-state index contributed by atoms with van der Waals surface area (Å²) >= 11 is 0. The summed E-state index contributed by atoms with van der Waals surface area (Å²) in [5.74, 6) is -0.345. The molecule has 3 aromatic rings. The van der Waals surface area contributed by atoms with Crippen molar-refractivity contribution in [1.29, 1.82) is 0 Å². The second kappa shape index (κ2) is 10.8. The Labute approximate surface area is 216 Å². The predicted octanol–water partition coefficient (Wildman–Crippen LogP) is 3.66. The Morgan fingerprint density at radius 3 is 2.46 bits per heavy atom. The molecule has 0 saturated heterocycles. The van der Waals surface area contributed by atoms with E-state index in [4.69, 9.17) is 4.99 Å². The van der Waals surface area contributed by atoms with Gasteiger partial charge in [-0.3, -0.25) is 14.8 Å². The average Bonchev–Trinajstić information content (AvgIpc) is 2.99. The van der Waals surface area contributed by atoms with Crippen LogP contribution < -0.4 is 20.9 Å². The number of para-hydroxylation sites is 1. The van der Waals surface area contributed by atoms with E-state index in [1.54, 1.807) is 12.3 Å². The third kappa shape index (κ3) is 5.95. The lowest BCUT2D eigenvalue weighted by Gasteiger charge is -2.35. The molecule has 192 valence electrons. The minimum absolute atomic E-state index is 0.0588. The summed E-state index contributed by atoms with van der Waals surface area (Å²) in [7, 11) is 1.81. The molecule has 0 saturated carbocycles. The van der Waals surface area contributed by atoms with Gasteiger partial charge in [0, 0.05) is 35.9 Å². The molecule has 1 unspecified atom stereocenters. The van der Waals surface area contributed by atoms with Crippen molar-refractivity contribution in [1.82, 2.24) is 10.3 Å². The maximum absolute atomic E-state index is 13.1. The highest BCUT2D eigenvalue weighted by Crippen LogP contribution is 2.30. The number of ketones is 1. The minimum Gasteiger partial charge on any atom is -0.388 e. The fourth-order valence-electron chi connectivity index (χ4n) is 4.12. The number of rotatable bonds is 7. The summed E-state index contributed by atoms with van der Waals surface area (Å²) in [6, 6.07) is 19.7. The number of fused-ring (bicyclic) bond motifs is 1. The quantitative estimate of drug-likeness (QED) is 0.393. The van der Waals surface area contributed by atoms with Gasteiger partial charge in [-0.25, -0.2) is 4.79 Å². The Morgan fingerprint density at radius 1 is 1.03 bits per heavy atom. The molecule has 4 rings (SSSR count). The third-order valence-corrected chi connectivity index (χ3v) is 6.28. The number of benzodiazepines with no additional fused rings is 1. The lowest BCUT2D eigenvalue weighted by atomic mass is 10.0. The predicted molar refractivity (Wildman–Crippen MR) is 146 cm³/mol. The van der Waals surface area contributed by atoms with Crippen LogP contribution in [0.3, 0.4) is 0 Å². The van der Waals surface area contributed by atoms with E-state index in [1.807, 2.05) is 79.5 Å². The normalized spacial score (nSPS) is 17.2. The van der Waals surface area contributed by atoms with Crippen molar-refractivity contribution in [2.75, 3.05) is 29.1 Å². The third-order valence-electron chi connectivity index (χ3n) is 6.28. The van der Waals surface area contributed by atoms with Crippen molar-refractivity contribution in [2.45, 2.75) is 38.6 Å². The van der Waals surface area contributed by atoms with Gasteiger partial charge >= 0.3 is 6.03 Å². The number of Topliss-reactive ketones (excluding diaryl/α,β-unsaturated/α-hetero) is 1. The first-order chi connectivity index (χ1) is 17.7. The SMILES string of the molecule is CNc1cccc(NC(=O)N[C@@H]2N=C(c3ccccn3)c3ccccc3N(CC(=O)C(C)(C)O)C2C)c1. The Hall–Kier alpha value is -4.24. The van der Waals surface area contributed by atoms with E-state index < -0.39 is 23.8 Å². The van der Waals surface area contributed by atoms with Gasteiger partial charge in [0.1, 0.15) is 11.8 Å². The molecule has 1 aromatic heterocycles. The van der Waals surface area contributed by atoms with Gasteiger partial charge in [0.15, 0.2) is 5.78 Å². The van der Waals surface area contributed by atoms with Crippen LogP contribution in [-0.4, -0.2) is 59.0 Å². The highest BCUT2D eigenvalue weighted by molar-refractivity contribution is 6.15. The van der Waals surface area contributed by atoms with Gasteiger partial charge in [-0.2, -0.15) is 0 Å². The molecule has 9 heteroatoms. The number of urea groups is 1. The maximum atomic E-state index is 13.1. The summed E-state index contributed by atoms with van der Waals surface area (Å²) in [6.45, 7) is 4.78. The molecule has 2 heterocycles. The van der Waals surface area contributed by atoms with Gasteiger partial charge < -0.3 is 26.0 Å². The van der Waals surface area contributed by atoms with Crippen molar-refractivity contribution >= 4 is 34.6 Å². The van der Waals surface area contributed by atoms with Crippen molar-refractivity contribution in [3.63, 3.8) is 0 Å². The van der Waals surface area contributed by atoms with Crippen molar-refractivity contribution < 1.29 is 14.7 Å². The van der Waals surface area contributed by atoms with Gasteiger partial charge in [0.2, 0.25) is 0 Å². The molecule has 2 atom stereocenters. The number of carbonyl (C=O) groups is 2. The van der Waals surface area contributed by atoms with E-state index in [1.165, 1.54) is 13.8 Å². The smallest absolute Gasteiger partial charge is 0.320 e. The first kappa shape index (κ1) is 25.8. The van der Waals surface area contributed by atoms with Crippen LogP contribution in [0.2, 0.25) is 0 Å². The van der Waals surface area contributed by atoms with Gasteiger partial charge in [-0.1, -0.05) is 30.3 Å². The number of carbonyl (C=O) groups excluding carboxylic acids is 2. The molecule has 4 N–H and O–H groups in total. The highest BCUT2D eigenvalue weighted by atomic mass is 16.3. The van der Waals surface area contributed by atoms with Crippen LogP contribution in [0, 0.1) is 0 Å². The van der Waals surface area contributed by atoms with E-state index >= 15 is 0 Å². The second-order valence-corrected chi connectivity index (χ2v) is 9.43. The van der Waals surface area contributed by atoms with E-state index in [9.17, 15) is 14.7 Å². The second-order valence-electron chi connectivity index (χ2n) is 9.43. The molecule has 0 radical (unpaired) electrons. The van der Waals surface area contributed by atoms with Crippen molar-refractivity contribution in [2.24, 2.45) is 4.99 Å². The number of aromatic nitrogens is 1. The maximum Gasteiger partial charge on any atom is 0.320 e. The summed E-state index contributed by atoms with van der Waals surface area (Å²) in [6.07, 6.45) is 0.959. The number of aliphatic hydroxyl groups is 1. The Bertz CT molecular complexity index is 1300. The van der Waals surface area contributed by atoms with Crippen LogP contribution in [0.4, 0.5) is 21.9 Å². The highest BCUT2D eigenvalue weighted by Gasteiger charge is 2.35. The summed E-state index contributed by atoms with van der Waals surface area (Å²) < 4.78 is 0. The van der Waals surface area contributed by atoms with E-state index in [0.29, 0.717) is 17.1 Å². The molecule has 9 nitrogen and oxygen atoms in total. The van der Waals surface area contributed by atoms with E-state index in [0.717, 1.165) is 16.9 Å². The number of aliphatic imine (C=N–C) groups is 1. The summed E-state index contributed by atoms with van der Waals surface area (Å²) in [4.78, 5) is 37.4. The number of hydrogen-bond donors (Lipinski definition) is 4. The number of nitrogens with one attached hydrogen (secondary N) is 3. The lowest BCUT2D eigenvalue weighted by Crippen LogP contribution is -2.53. The summed E-state index contributed by atoms with van der Waals surface area (Å²) in [5.41, 5.74) is 2.77. The first-order valence-electron chi connectivity index (χ1n) is 12.1. The molecule has 2 aromatic carbocycles. The molecular weight excluding hydrogens is 468 g/mol. The number of amides is 2.